The van der Waals surface area contributed by atoms with E-state index in [0.29, 0.717) is 48.9 Å². The monoisotopic (exact) mass is 405 g/mol. The number of urea groups is 1. The van der Waals surface area contributed by atoms with Crippen LogP contribution < -0.4 is 21.1 Å². The van der Waals surface area contributed by atoms with Gasteiger partial charge in [0.25, 0.3) is 0 Å². The number of methoxy groups -OCH3 is 1. The molecule has 30 heavy (non-hydrogen) atoms. The summed E-state index contributed by atoms with van der Waals surface area (Å²) in [5, 5.41) is 19.5. The van der Waals surface area contributed by atoms with Crippen molar-refractivity contribution in [2.24, 2.45) is 0 Å². The summed E-state index contributed by atoms with van der Waals surface area (Å²) in [6, 6.07) is 14.8. The molecule has 4 N–H and O–H groups in total. The number of nitrogens with two attached hydrogens (primary N) is 1. The molecule has 0 fully saturated rings. The lowest BCUT2D eigenvalue weighted by Gasteiger charge is -2.08. The molecule has 1 aromatic carbocycles. The van der Waals surface area contributed by atoms with Crippen molar-refractivity contribution in [2.75, 3.05) is 19.4 Å². The van der Waals surface area contributed by atoms with Crippen LogP contribution in [-0.4, -0.2) is 34.5 Å². The molecule has 0 unspecified atom stereocenters. The third-order valence-corrected chi connectivity index (χ3v) is 4.44. The zero-order valence-corrected chi connectivity index (χ0v) is 16.6. The molecule has 0 saturated carbocycles. The van der Waals surface area contributed by atoms with E-state index in [2.05, 4.69) is 26.8 Å². The lowest BCUT2D eigenvalue weighted by Crippen LogP contribution is -2.35. The van der Waals surface area contributed by atoms with Crippen molar-refractivity contribution in [1.29, 1.82) is 5.26 Å². The topological polar surface area (TPSA) is 131 Å². The van der Waals surface area contributed by atoms with E-state index in [4.69, 9.17) is 10.5 Å². The van der Waals surface area contributed by atoms with Crippen LogP contribution in [0.25, 0.3) is 5.69 Å². The summed E-state index contributed by atoms with van der Waals surface area (Å²) in [6.45, 7) is 0.801. The number of para-hydroxylation sites is 1. The van der Waals surface area contributed by atoms with Crippen LogP contribution in [0, 0.1) is 11.3 Å². The van der Waals surface area contributed by atoms with Gasteiger partial charge in [0.15, 0.2) is 0 Å². The van der Waals surface area contributed by atoms with Crippen molar-refractivity contribution in [3.05, 3.63) is 65.5 Å². The zero-order chi connectivity index (χ0) is 21.3. The third-order valence-electron chi connectivity index (χ3n) is 4.44. The molecule has 0 atom stereocenters. The highest BCUT2D eigenvalue weighted by atomic mass is 16.5. The van der Waals surface area contributed by atoms with E-state index in [1.807, 2.05) is 30.3 Å². The number of nitrogens with one attached hydrogen (secondary N) is 2. The van der Waals surface area contributed by atoms with Crippen molar-refractivity contribution in [2.45, 2.75) is 19.4 Å². The van der Waals surface area contributed by atoms with E-state index >= 15 is 0 Å². The largest absolute Gasteiger partial charge is 0.481 e. The average Bonchev–Trinajstić information content (AvgIpc) is 3.11. The summed E-state index contributed by atoms with van der Waals surface area (Å²) in [4.78, 5) is 16.0. The lowest BCUT2D eigenvalue weighted by atomic mass is 10.1. The van der Waals surface area contributed by atoms with Gasteiger partial charge >= 0.3 is 6.03 Å². The summed E-state index contributed by atoms with van der Waals surface area (Å²) in [5.74, 6) is 0.814. The maximum absolute atomic E-state index is 12.0. The van der Waals surface area contributed by atoms with E-state index < -0.39 is 0 Å². The van der Waals surface area contributed by atoms with Crippen molar-refractivity contribution < 1.29 is 9.53 Å². The molecule has 2 amide bonds. The summed E-state index contributed by atoms with van der Waals surface area (Å²) in [6.07, 6.45) is 2.77. The van der Waals surface area contributed by atoms with Gasteiger partial charge in [-0.3, -0.25) is 0 Å². The van der Waals surface area contributed by atoms with Crippen molar-refractivity contribution in [3.63, 3.8) is 0 Å². The maximum atomic E-state index is 12.0. The number of carbonyl (C=O) groups is 1. The number of hydrogen-bond donors (Lipinski definition) is 3. The van der Waals surface area contributed by atoms with Crippen molar-refractivity contribution in [1.82, 2.24) is 25.4 Å². The lowest BCUT2D eigenvalue weighted by molar-refractivity contribution is 0.240. The minimum absolute atomic E-state index is 0.277. The van der Waals surface area contributed by atoms with Gasteiger partial charge in [-0.25, -0.2) is 14.5 Å². The molecule has 2 heterocycles. The fourth-order valence-electron chi connectivity index (χ4n) is 2.92. The van der Waals surface area contributed by atoms with Gasteiger partial charge in [-0.15, -0.1) is 0 Å². The average molecular weight is 405 g/mol. The fraction of sp³-hybridized carbons (Fsp3) is 0.238. The number of amides is 2. The molecule has 3 aromatic rings. The number of hydrogen-bond acceptors (Lipinski definition) is 6. The molecule has 154 valence electrons. The molecule has 2 aromatic heterocycles. The normalized spacial score (nSPS) is 10.3. The summed E-state index contributed by atoms with van der Waals surface area (Å²) < 4.78 is 6.63. The summed E-state index contributed by atoms with van der Waals surface area (Å²) >= 11 is 0. The van der Waals surface area contributed by atoms with Crippen LogP contribution in [0.4, 0.5) is 10.6 Å². The molecule has 0 spiro atoms. The Hall–Kier alpha value is -4.06. The SMILES string of the molecule is COc1cc(CNC(=O)NCCCc2nn(-c3ccccc3)c(N)c2C#N)ccn1. The number of anilines is 1. The predicted molar refractivity (Wildman–Crippen MR) is 112 cm³/mol. The van der Waals surface area contributed by atoms with Crippen LogP contribution in [-0.2, 0) is 13.0 Å². The molecule has 0 saturated heterocycles. The summed E-state index contributed by atoms with van der Waals surface area (Å²) in [5.41, 5.74) is 8.77. The first-order valence-electron chi connectivity index (χ1n) is 9.46. The van der Waals surface area contributed by atoms with Crippen LogP contribution in [0.1, 0.15) is 23.2 Å². The molecule has 0 bridgehead atoms. The van der Waals surface area contributed by atoms with Gasteiger partial charge in [-0.1, -0.05) is 18.2 Å². The van der Waals surface area contributed by atoms with E-state index in [0.717, 1.165) is 11.3 Å². The van der Waals surface area contributed by atoms with Crippen LogP contribution in [0.5, 0.6) is 5.88 Å². The number of nitriles is 1. The highest BCUT2D eigenvalue weighted by Crippen LogP contribution is 2.21. The molecule has 0 aliphatic rings. The van der Waals surface area contributed by atoms with Gasteiger partial charge in [-0.2, -0.15) is 10.4 Å². The Bertz CT molecular complexity index is 1040. The smallest absolute Gasteiger partial charge is 0.315 e. The molecule has 0 aliphatic heterocycles. The van der Waals surface area contributed by atoms with Gasteiger partial charge in [0, 0.05) is 25.4 Å². The Morgan fingerprint density at radius 1 is 1.27 bits per heavy atom. The standard InChI is InChI=1S/C21H23N7O2/c1-30-19-12-15(9-11-24-19)14-26-21(29)25-10-5-8-18-17(13-22)20(23)28(27-18)16-6-3-2-4-7-16/h2-4,6-7,9,11-12H,5,8,10,14,23H2,1H3,(H2,25,26,29). The molecular formula is C21H23N7O2. The predicted octanol–water partition coefficient (Wildman–Crippen LogP) is 2.16. The first-order valence-corrected chi connectivity index (χ1v) is 9.46. The second-order valence-corrected chi connectivity index (χ2v) is 6.49. The van der Waals surface area contributed by atoms with Gasteiger partial charge in [0.2, 0.25) is 5.88 Å². The summed E-state index contributed by atoms with van der Waals surface area (Å²) in [7, 11) is 1.54. The van der Waals surface area contributed by atoms with Crippen LogP contribution in [0.2, 0.25) is 0 Å². The number of rotatable bonds is 8. The molecular weight excluding hydrogens is 382 g/mol. The van der Waals surface area contributed by atoms with E-state index in [-0.39, 0.29) is 6.03 Å². The number of benzene rings is 1. The Balaban J connectivity index is 1.49. The molecule has 3 rings (SSSR count). The Kier molecular flexibility index (Phi) is 6.84. The minimum atomic E-state index is -0.277. The molecule has 0 aliphatic carbocycles. The maximum Gasteiger partial charge on any atom is 0.315 e. The van der Waals surface area contributed by atoms with E-state index in [9.17, 15) is 10.1 Å². The number of nitrogens with zero attached hydrogens (tertiary/aromatic N) is 4. The van der Waals surface area contributed by atoms with Crippen LogP contribution in [0.3, 0.4) is 0 Å². The van der Waals surface area contributed by atoms with Crippen LogP contribution in [0.15, 0.2) is 48.7 Å². The number of aromatic nitrogens is 3. The second kappa shape index (κ2) is 9.93. The van der Waals surface area contributed by atoms with Gasteiger partial charge < -0.3 is 21.1 Å². The molecule has 0 radical (unpaired) electrons. The van der Waals surface area contributed by atoms with Crippen molar-refractivity contribution >= 4 is 11.8 Å². The Labute approximate surface area is 174 Å². The number of nitrogen functional groups attached to an aromatic ring is 1. The highest BCUT2D eigenvalue weighted by Gasteiger charge is 2.16. The molecule has 9 heteroatoms. The number of ether oxygens (including phenoxy) is 1. The second-order valence-electron chi connectivity index (χ2n) is 6.49. The highest BCUT2D eigenvalue weighted by molar-refractivity contribution is 5.73. The minimum Gasteiger partial charge on any atom is -0.481 e. The third kappa shape index (κ3) is 5.05. The first kappa shape index (κ1) is 20.7. The van der Waals surface area contributed by atoms with Gasteiger partial charge in [-0.05, 0) is 36.6 Å². The number of pyridine rings is 1. The first-order chi connectivity index (χ1) is 14.6. The zero-order valence-electron chi connectivity index (χ0n) is 16.6. The number of carbonyl (C=O) groups excluding carboxylic acids is 1. The van der Waals surface area contributed by atoms with E-state index in [1.165, 1.54) is 0 Å². The Morgan fingerprint density at radius 3 is 2.80 bits per heavy atom. The number of aryl methyl sites for hydroxylation is 1. The van der Waals surface area contributed by atoms with E-state index in [1.54, 1.807) is 30.1 Å². The van der Waals surface area contributed by atoms with Crippen LogP contribution >= 0.6 is 0 Å². The van der Waals surface area contributed by atoms with Crippen molar-refractivity contribution in [3.8, 4) is 17.6 Å². The Morgan fingerprint density at radius 2 is 2.07 bits per heavy atom. The van der Waals surface area contributed by atoms with Gasteiger partial charge in [0.1, 0.15) is 17.5 Å². The molecule has 9 nitrogen and oxygen atoms in total. The quantitative estimate of drug-likeness (QED) is 0.492. The fourth-order valence-corrected chi connectivity index (χ4v) is 2.92. The van der Waals surface area contributed by atoms with Gasteiger partial charge in [0.05, 0.1) is 18.5 Å².